The van der Waals surface area contributed by atoms with Crippen LogP contribution in [0.3, 0.4) is 0 Å². The molecule has 1 N–H and O–H groups in total. The molecule has 0 saturated carbocycles. The number of carbonyl (C=O) groups is 2. The maximum Gasteiger partial charge on any atom is 0.286 e. The largest absolute Gasteiger partial charge is 0.486 e. The van der Waals surface area contributed by atoms with Gasteiger partial charge in [0, 0.05) is 18.0 Å². The first kappa shape index (κ1) is 24.3. The summed E-state index contributed by atoms with van der Waals surface area (Å²) in [7, 11) is 1.96. The smallest absolute Gasteiger partial charge is 0.286 e. The Morgan fingerprint density at radius 1 is 1.00 bits per heavy atom. The summed E-state index contributed by atoms with van der Waals surface area (Å²) < 4.78 is 13.2. The fourth-order valence-corrected chi connectivity index (χ4v) is 5.39. The maximum atomic E-state index is 12.1. The summed E-state index contributed by atoms with van der Waals surface area (Å²) >= 11 is 2.73. The summed E-state index contributed by atoms with van der Waals surface area (Å²) in [4.78, 5) is 29.5. The number of hydrogen-bond acceptors (Lipinski definition) is 7. The van der Waals surface area contributed by atoms with E-state index in [-0.39, 0.29) is 11.1 Å². The number of imide groups is 1. The number of carbonyl (C=O) groups excluding carboxylic acids is 2. The Morgan fingerprint density at radius 2 is 1.69 bits per heavy atom. The van der Waals surface area contributed by atoms with Crippen molar-refractivity contribution >= 4 is 45.7 Å². The van der Waals surface area contributed by atoms with Crippen molar-refractivity contribution in [3.63, 3.8) is 0 Å². The zero-order chi connectivity index (χ0) is 25.3. The van der Waals surface area contributed by atoms with E-state index in [1.807, 2.05) is 84.6 Å². The van der Waals surface area contributed by atoms with Crippen LogP contribution >= 0.6 is 23.5 Å². The fourth-order valence-electron chi connectivity index (χ4n) is 4.05. The number of aromatic nitrogens is 2. The van der Waals surface area contributed by atoms with Gasteiger partial charge in [0.2, 0.25) is 5.91 Å². The Hall–Kier alpha value is -3.43. The molecule has 0 radical (unpaired) electrons. The highest BCUT2D eigenvalue weighted by molar-refractivity contribution is 8.16. The van der Waals surface area contributed by atoms with Gasteiger partial charge in [-0.25, -0.2) is 4.98 Å². The Labute approximate surface area is 217 Å². The van der Waals surface area contributed by atoms with Gasteiger partial charge in [-0.3, -0.25) is 14.9 Å². The minimum Gasteiger partial charge on any atom is -0.486 e. The Balaban J connectivity index is 1.24. The lowest BCUT2D eigenvalue weighted by atomic mass is 9.99. The molecule has 1 aliphatic heterocycles. The lowest BCUT2D eigenvalue weighted by Gasteiger charge is -2.18. The van der Waals surface area contributed by atoms with Crippen LogP contribution in [0, 0.1) is 0 Å². The van der Waals surface area contributed by atoms with Gasteiger partial charge in [-0.2, -0.15) is 0 Å². The molecule has 1 atom stereocenters. The second-order valence-corrected chi connectivity index (χ2v) is 11.1. The number of nitrogens with one attached hydrogen (secondary N) is 1. The van der Waals surface area contributed by atoms with Crippen LogP contribution < -0.4 is 14.8 Å². The first-order valence-corrected chi connectivity index (χ1v) is 13.4. The summed E-state index contributed by atoms with van der Waals surface area (Å²) in [6, 6.07) is 21.4. The third-order valence-electron chi connectivity index (χ3n) is 6.09. The topological polar surface area (TPSA) is 82.5 Å². The molecule has 2 amide bonds. The molecule has 4 aromatic rings. The number of amides is 2. The molecule has 3 aromatic carbocycles. The third kappa shape index (κ3) is 5.08. The van der Waals surface area contributed by atoms with E-state index in [1.165, 1.54) is 4.90 Å². The van der Waals surface area contributed by atoms with E-state index in [1.54, 1.807) is 18.7 Å². The van der Waals surface area contributed by atoms with Crippen LogP contribution in [-0.2, 0) is 24.9 Å². The molecule has 0 bridgehead atoms. The number of thioether (sulfide) groups is 2. The van der Waals surface area contributed by atoms with Gasteiger partial charge in [0.05, 0.1) is 11.0 Å². The van der Waals surface area contributed by atoms with Gasteiger partial charge in [0.15, 0.2) is 0 Å². The minimum atomic E-state index is -0.785. The van der Waals surface area contributed by atoms with Crippen molar-refractivity contribution in [2.45, 2.75) is 29.6 Å². The summed E-state index contributed by atoms with van der Waals surface area (Å²) in [6.07, 6.45) is 2.51. The molecule has 2 heterocycles. The normalized spacial score (nSPS) is 17.4. The molecule has 1 saturated heterocycles. The molecule has 184 valence electrons. The van der Waals surface area contributed by atoms with Crippen LogP contribution in [0.4, 0.5) is 4.79 Å². The van der Waals surface area contributed by atoms with Crippen LogP contribution in [0.25, 0.3) is 11.0 Å². The highest BCUT2D eigenvalue weighted by Gasteiger charge is 2.43. The van der Waals surface area contributed by atoms with Crippen LogP contribution in [0.2, 0.25) is 0 Å². The number of benzene rings is 3. The van der Waals surface area contributed by atoms with Gasteiger partial charge in [-0.1, -0.05) is 12.1 Å². The fraction of sp³-hybridized carbons (Fsp3) is 0.222. The van der Waals surface area contributed by atoms with Gasteiger partial charge < -0.3 is 14.0 Å². The maximum absolute atomic E-state index is 12.1. The standard InChI is InChI=1S/C27H25N3O4S2/c1-27(25(31)29-26(32)36-27)15-17-4-6-18(7-5-17)33-16-24-28-22-13-10-20(14-23(22)30(24)2)34-19-8-11-21(35-3)12-9-19/h4-14H,15-16H2,1-3H3,(H,29,31,32). The van der Waals surface area contributed by atoms with Crippen molar-refractivity contribution in [1.29, 1.82) is 0 Å². The summed E-state index contributed by atoms with van der Waals surface area (Å²) in [5, 5.41) is 2.06. The molecule has 0 aliphatic carbocycles. The number of nitrogens with zero attached hydrogens (tertiary/aromatic N) is 2. The monoisotopic (exact) mass is 519 g/mol. The van der Waals surface area contributed by atoms with Gasteiger partial charge >= 0.3 is 0 Å². The SMILES string of the molecule is CSc1ccc(Oc2ccc3nc(COc4ccc(CC5(C)SC(=O)NC5=O)cc4)n(C)c3c2)cc1. The van der Waals surface area contributed by atoms with E-state index in [4.69, 9.17) is 14.5 Å². The predicted octanol–water partition coefficient (Wildman–Crippen LogP) is 5.95. The number of ether oxygens (including phenoxy) is 2. The van der Waals surface area contributed by atoms with Gasteiger partial charge in [0.1, 0.15) is 34.4 Å². The number of fused-ring (bicyclic) bond motifs is 1. The summed E-state index contributed by atoms with van der Waals surface area (Å²) in [6.45, 7) is 2.09. The molecule has 1 aliphatic rings. The Morgan fingerprint density at radius 3 is 2.36 bits per heavy atom. The molecule has 0 spiro atoms. The van der Waals surface area contributed by atoms with E-state index < -0.39 is 4.75 Å². The average Bonchev–Trinajstić information content (AvgIpc) is 3.32. The average molecular weight is 520 g/mol. The van der Waals surface area contributed by atoms with Crippen molar-refractivity contribution in [2.24, 2.45) is 7.05 Å². The Kier molecular flexibility index (Phi) is 6.68. The highest BCUT2D eigenvalue weighted by Crippen LogP contribution is 2.35. The second kappa shape index (κ2) is 9.91. The highest BCUT2D eigenvalue weighted by atomic mass is 32.2. The van der Waals surface area contributed by atoms with Gasteiger partial charge in [-0.05, 0) is 85.5 Å². The number of hydrogen-bond donors (Lipinski definition) is 1. The molecular formula is C27H25N3O4S2. The lowest BCUT2D eigenvalue weighted by molar-refractivity contribution is -0.121. The van der Waals surface area contributed by atoms with E-state index in [9.17, 15) is 9.59 Å². The van der Waals surface area contributed by atoms with E-state index in [0.29, 0.717) is 18.8 Å². The van der Waals surface area contributed by atoms with E-state index in [0.717, 1.165) is 45.7 Å². The molecule has 5 rings (SSSR count). The van der Waals surface area contributed by atoms with Crippen LogP contribution in [0.5, 0.6) is 17.2 Å². The van der Waals surface area contributed by atoms with Crippen molar-refractivity contribution in [2.75, 3.05) is 6.26 Å². The van der Waals surface area contributed by atoms with Crippen LogP contribution in [-0.4, -0.2) is 31.7 Å². The van der Waals surface area contributed by atoms with E-state index in [2.05, 4.69) is 5.32 Å². The van der Waals surface area contributed by atoms with Crippen molar-refractivity contribution < 1.29 is 19.1 Å². The summed E-state index contributed by atoms with van der Waals surface area (Å²) in [5.74, 6) is 2.78. The predicted molar refractivity (Wildman–Crippen MR) is 143 cm³/mol. The molecule has 36 heavy (non-hydrogen) atoms. The first-order chi connectivity index (χ1) is 17.3. The van der Waals surface area contributed by atoms with Crippen LogP contribution in [0.1, 0.15) is 18.3 Å². The molecular weight excluding hydrogens is 494 g/mol. The van der Waals surface area contributed by atoms with Gasteiger partial charge in [0.25, 0.3) is 5.24 Å². The number of imidazole rings is 1. The summed E-state index contributed by atoms with van der Waals surface area (Å²) in [5.41, 5.74) is 2.78. The van der Waals surface area contributed by atoms with Crippen molar-refractivity contribution in [3.8, 4) is 17.2 Å². The quantitative estimate of drug-likeness (QED) is 0.288. The number of rotatable bonds is 8. The third-order valence-corrected chi connectivity index (χ3v) is 7.90. The molecule has 9 heteroatoms. The first-order valence-electron chi connectivity index (χ1n) is 11.4. The van der Waals surface area contributed by atoms with Crippen LogP contribution in [0.15, 0.2) is 71.6 Å². The zero-order valence-corrected chi connectivity index (χ0v) is 21.7. The van der Waals surface area contributed by atoms with Crippen molar-refractivity contribution in [1.82, 2.24) is 14.9 Å². The van der Waals surface area contributed by atoms with E-state index >= 15 is 0 Å². The molecule has 7 nitrogen and oxygen atoms in total. The zero-order valence-electron chi connectivity index (χ0n) is 20.1. The minimum absolute atomic E-state index is 0.248. The Bertz CT molecular complexity index is 1430. The van der Waals surface area contributed by atoms with Crippen molar-refractivity contribution in [3.05, 3.63) is 78.1 Å². The molecule has 1 fully saturated rings. The molecule has 1 aromatic heterocycles. The number of aryl methyl sites for hydroxylation is 1. The second-order valence-electron chi connectivity index (χ2n) is 8.70. The lowest BCUT2D eigenvalue weighted by Crippen LogP contribution is -2.35. The molecule has 1 unspecified atom stereocenters. The van der Waals surface area contributed by atoms with Gasteiger partial charge in [-0.15, -0.1) is 11.8 Å².